The van der Waals surface area contributed by atoms with E-state index >= 15 is 0 Å². The number of aromatic amines is 1. The zero-order chi connectivity index (χ0) is 23.6. The van der Waals surface area contributed by atoms with Crippen molar-refractivity contribution in [2.45, 2.75) is 59.3 Å². The Hall–Kier alpha value is -3.41. The highest BCUT2D eigenvalue weighted by Crippen LogP contribution is 2.25. The minimum Gasteiger partial charge on any atom is -0.493 e. The predicted octanol–water partition coefficient (Wildman–Crippen LogP) is 5.40. The molecule has 0 aliphatic carbocycles. The van der Waals surface area contributed by atoms with E-state index in [9.17, 15) is 4.79 Å². The topological polar surface area (TPSA) is 72.3 Å². The molecule has 0 aliphatic heterocycles. The van der Waals surface area contributed by atoms with Crippen LogP contribution in [0.15, 0.2) is 53.3 Å². The molecule has 4 aromatic rings. The number of nitrogens with one attached hydrogen (secondary N) is 1. The van der Waals surface area contributed by atoms with Crippen LogP contribution in [0.3, 0.4) is 0 Å². The van der Waals surface area contributed by atoms with Gasteiger partial charge >= 0.3 is 0 Å². The second kappa shape index (κ2) is 9.22. The number of H-pyrrole nitrogens is 1. The van der Waals surface area contributed by atoms with Crippen LogP contribution in [0.1, 0.15) is 56.1 Å². The molecular formula is C27H32N4O2. The quantitative estimate of drug-likeness (QED) is 0.387. The second-order valence-electron chi connectivity index (χ2n) is 9.61. The third kappa shape index (κ3) is 5.16. The van der Waals surface area contributed by atoms with Gasteiger partial charge in [0.1, 0.15) is 11.6 Å². The average Bonchev–Trinajstić information content (AvgIpc) is 3.16. The van der Waals surface area contributed by atoms with Gasteiger partial charge in [-0.05, 0) is 54.9 Å². The SMILES string of the molecule is Cc1cccc(OCCCCc2nc(-c3ccc(C(C)(C)C)cc3)nc3cc(=O)[nH]n23)c1C. The van der Waals surface area contributed by atoms with Crippen LogP contribution in [0.25, 0.3) is 17.0 Å². The number of nitrogens with zero attached hydrogens (tertiary/aromatic N) is 3. The summed E-state index contributed by atoms with van der Waals surface area (Å²) < 4.78 is 7.68. The van der Waals surface area contributed by atoms with Crippen molar-refractivity contribution in [1.82, 2.24) is 19.6 Å². The van der Waals surface area contributed by atoms with Gasteiger partial charge in [-0.2, -0.15) is 0 Å². The maximum Gasteiger partial charge on any atom is 0.266 e. The summed E-state index contributed by atoms with van der Waals surface area (Å²) in [6.45, 7) is 11.4. The maximum atomic E-state index is 12.0. The third-order valence-corrected chi connectivity index (χ3v) is 6.04. The molecule has 4 rings (SSSR count). The standard InChI is InChI=1S/C27H32N4O2/c1-18-9-8-10-22(19(18)2)33-16-7-6-11-23-28-26(29-24-17-25(32)30-31(23)24)20-12-14-21(15-13-20)27(3,4)5/h8-10,12-15,17H,6-7,11,16H2,1-5H3,(H,30,32). The number of hydrogen-bond acceptors (Lipinski definition) is 4. The van der Waals surface area contributed by atoms with Crippen molar-refractivity contribution < 1.29 is 4.74 Å². The summed E-state index contributed by atoms with van der Waals surface area (Å²) >= 11 is 0. The second-order valence-corrected chi connectivity index (χ2v) is 9.61. The first kappa shape index (κ1) is 22.8. The molecule has 2 aromatic carbocycles. The lowest BCUT2D eigenvalue weighted by molar-refractivity contribution is 0.304. The molecule has 172 valence electrons. The Bertz CT molecular complexity index is 1310. The lowest BCUT2D eigenvalue weighted by Crippen LogP contribution is -2.11. The van der Waals surface area contributed by atoms with Crippen LogP contribution in [-0.4, -0.2) is 26.2 Å². The first-order valence-electron chi connectivity index (χ1n) is 11.5. The van der Waals surface area contributed by atoms with E-state index in [2.05, 4.69) is 75.0 Å². The molecule has 0 unspecified atom stereocenters. The van der Waals surface area contributed by atoms with Crippen molar-refractivity contribution in [3.8, 4) is 17.1 Å². The molecule has 0 spiro atoms. The van der Waals surface area contributed by atoms with Crippen LogP contribution in [0.2, 0.25) is 0 Å². The van der Waals surface area contributed by atoms with Crippen molar-refractivity contribution in [3.63, 3.8) is 0 Å². The smallest absolute Gasteiger partial charge is 0.266 e. The van der Waals surface area contributed by atoms with Crippen LogP contribution in [0.5, 0.6) is 5.75 Å². The van der Waals surface area contributed by atoms with Crippen LogP contribution < -0.4 is 10.3 Å². The van der Waals surface area contributed by atoms with Gasteiger partial charge < -0.3 is 4.74 Å². The van der Waals surface area contributed by atoms with Gasteiger partial charge in [0, 0.05) is 18.1 Å². The fraction of sp³-hybridized carbons (Fsp3) is 0.370. The molecule has 6 heteroatoms. The van der Waals surface area contributed by atoms with Gasteiger partial charge in [-0.25, -0.2) is 14.5 Å². The minimum absolute atomic E-state index is 0.0848. The Labute approximate surface area is 194 Å². The fourth-order valence-corrected chi connectivity index (χ4v) is 3.83. The molecule has 0 saturated carbocycles. The number of aryl methyl sites for hydroxylation is 2. The normalized spacial score (nSPS) is 11.8. The van der Waals surface area contributed by atoms with Crippen LogP contribution in [0.4, 0.5) is 0 Å². The van der Waals surface area contributed by atoms with Gasteiger partial charge in [-0.1, -0.05) is 57.2 Å². The highest BCUT2D eigenvalue weighted by atomic mass is 16.5. The summed E-state index contributed by atoms with van der Waals surface area (Å²) in [7, 11) is 0. The molecule has 6 nitrogen and oxygen atoms in total. The number of ether oxygens (including phenoxy) is 1. The van der Waals surface area contributed by atoms with E-state index in [0.717, 1.165) is 30.0 Å². The van der Waals surface area contributed by atoms with Crippen LogP contribution >= 0.6 is 0 Å². The first-order chi connectivity index (χ1) is 15.7. The molecule has 0 saturated heterocycles. The molecule has 1 N–H and O–H groups in total. The van der Waals surface area contributed by atoms with Crippen molar-refractivity contribution >= 4 is 5.65 Å². The van der Waals surface area contributed by atoms with E-state index in [0.29, 0.717) is 24.5 Å². The zero-order valence-corrected chi connectivity index (χ0v) is 20.1. The van der Waals surface area contributed by atoms with Gasteiger partial charge in [-0.3, -0.25) is 9.89 Å². The molecule has 0 radical (unpaired) electrons. The molecule has 0 atom stereocenters. The summed E-state index contributed by atoms with van der Waals surface area (Å²) in [5, 5.41) is 2.82. The highest BCUT2D eigenvalue weighted by molar-refractivity contribution is 5.58. The molecule has 0 fully saturated rings. The largest absolute Gasteiger partial charge is 0.493 e. The number of rotatable bonds is 7. The minimum atomic E-state index is -0.177. The van der Waals surface area contributed by atoms with Crippen molar-refractivity contribution in [1.29, 1.82) is 0 Å². The summed E-state index contributed by atoms with van der Waals surface area (Å²) in [6, 6.07) is 16.0. The number of hydrogen-bond donors (Lipinski definition) is 1. The molecule has 2 heterocycles. The Morgan fingerprint density at radius 3 is 2.48 bits per heavy atom. The van der Waals surface area contributed by atoms with Gasteiger partial charge in [0.05, 0.1) is 6.61 Å². The van der Waals surface area contributed by atoms with Crippen molar-refractivity contribution in [2.75, 3.05) is 6.61 Å². The van der Waals surface area contributed by atoms with Crippen molar-refractivity contribution in [3.05, 3.63) is 81.4 Å². The fourth-order valence-electron chi connectivity index (χ4n) is 3.83. The first-order valence-corrected chi connectivity index (χ1v) is 11.5. The molecule has 0 bridgehead atoms. The monoisotopic (exact) mass is 444 g/mol. The summed E-state index contributed by atoms with van der Waals surface area (Å²) in [5.74, 6) is 2.37. The third-order valence-electron chi connectivity index (χ3n) is 6.04. The zero-order valence-electron chi connectivity index (χ0n) is 20.1. The Balaban J connectivity index is 1.49. The van der Waals surface area contributed by atoms with E-state index in [-0.39, 0.29) is 11.0 Å². The molecular weight excluding hydrogens is 412 g/mol. The summed E-state index contributed by atoms with van der Waals surface area (Å²) in [4.78, 5) is 21.4. The van der Waals surface area contributed by atoms with Gasteiger partial charge in [0.25, 0.3) is 5.56 Å². The Kier molecular flexibility index (Phi) is 6.36. The van der Waals surface area contributed by atoms with Gasteiger partial charge in [0.2, 0.25) is 0 Å². The molecule has 0 amide bonds. The number of unbranched alkanes of at least 4 members (excludes halogenated alkanes) is 1. The molecule has 2 aromatic heterocycles. The molecule has 0 aliphatic rings. The highest BCUT2D eigenvalue weighted by Gasteiger charge is 2.15. The number of fused-ring (bicyclic) bond motifs is 1. The lowest BCUT2D eigenvalue weighted by Gasteiger charge is -2.19. The van der Waals surface area contributed by atoms with Gasteiger partial charge in [0.15, 0.2) is 11.5 Å². The van der Waals surface area contributed by atoms with Crippen LogP contribution in [-0.2, 0) is 11.8 Å². The van der Waals surface area contributed by atoms with E-state index in [1.807, 2.05) is 12.1 Å². The summed E-state index contributed by atoms with van der Waals surface area (Å²) in [6.07, 6.45) is 2.49. The number of benzene rings is 2. The van der Waals surface area contributed by atoms with E-state index < -0.39 is 0 Å². The van der Waals surface area contributed by atoms with E-state index in [4.69, 9.17) is 9.72 Å². The Morgan fingerprint density at radius 1 is 1.00 bits per heavy atom. The maximum absolute atomic E-state index is 12.0. The van der Waals surface area contributed by atoms with E-state index in [1.165, 1.54) is 22.8 Å². The van der Waals surface area contributed by atoms with E-state index in [1.54, 1.807) is 4.52 Å². The van der Waals surface area contributed by atoms with Crippen molar-refractivity contribution in [2.24, 2.45) is 0 Å². The van der Waals surface area contributed by atoms with Crippen LogP contribution in [0, 0.1) is 13.8 Å². The predicted molar refractivity (Wildman–Crippen MR) is 132 cm³/mol. The average molecular weight is 445 g/mol. The Morgan fingerprint density at radius 2 is 1.76 bits per heavy atom. The summed E-state index contributed by atoms with van der Waals surface area (Å²) in [5.41, 5.74) is 5.11. The van der Waals surface area contributed by atoms with Gasteiger partial charge in [-0.15, -0.1) is 0 Å². The molecule has 33 heavy (non-hydrogen) atoms. The lowest BCUT2D eigenvalue weighted by atomic mass is 9.87. The number of aromatic nitrogens is 4.